The minimum atomic E-state index is -3.03. The molecule has 0 saturated heterocycles. The van der Waals surface area contributed by atoms with E-state index in [1.807, 2.05) is 6.92 Å². The van der Waals surface area contributed by atoms with Gasteiger partial charge in [-0.1, -0.05) is 30.3 Å². The van der Waals surface area contributed by atoms with Crippen LogP contribution in [0.2, 0.25) is 0 Å². The molecule has 2 aromatic rings. The second-order valence-electron chi connectivity index (χ2n) is 5.33. The molecule has 0 aliphatic heterocycles. The van der Waals surface area contributed by atoms with E-state index in [-0.39, 0.29) is 11.4 Å². The summed E-state index contributed by atoms with van der Waals surface area (Å²) < 4.78 is 39.3. The Balaban J connectivity index is 1.89. The fourth-order valence-corrected chi connectivity index (χ4v) is 2.20. The number of benzene rings is 2. The van der Waals surface area contributed by atoms with Crippen molar-refractivity contribution in [1.29, 1.82) is 0 Å². The van der Waals surface area contributed by atoms with Gasteiger partial charge in [-0.05, 0) is 31.2 Å². The first-order valence-electron chi connectivity index (χ1n) is 8.40. The number of carbonyl (C=O) groups is 2. The highest BCUT2D eigenvalue weighted by atomic mass is 19.3. The van der Waals surface area contributed by atoms with Crippen LogP contribution in [0.3, 0.4) is 0 Å². The highest BCUT2D eigenvalue weighted by Crippen LogP contribution is 2.25. The van der Waals surface area contributed by atoms with Gasteiger partial charge in [-0.2, -0.15) is 8.78 Å². The van der Waals surface area contributed by atoms with E-state index < -0.39 is 25.1 Å². The van der Waals surface area contributed by atoms with Crippen LogP contribution in [0.1, 0.15) is 12.5 Å². The minimum absolute atomic E-state index is 0.0463. The number of esters is 1. The predicted octanol–water partition coefficient (Wildman–Crippen LogP) is 3.88. The molecule has 0 saturated carbocycles. The van der Waals surface area contributed by atoms with Gasteiger partial charge in [-0.25, -0.2) is 4.79 Å². The van der Waals surface area contributed by atoms with Crippen LogP contribution >= 0.6 is 0 Å². The van der Waals surface area contributed by atoms with Crippen LogP contribution in [0, 0.1) is 0 Å². The van der Waals surface area contributed by atoms with Gasteiger partial charge in [0.05, 0.1) is 12.3 Å². The summed E-state index contributed by atoms with van der Waals surface area (Å²) >= 11 is 0. The third kappa shape index (κ3) is 6.71. The van der Waals surface area contributed by atoms with E-state index in [1.54, 1.807) is 30.3 Å². The van der Waals surface area contributed by atoms with Crippen LogP contribution in [0.25, 0.3) is 6.08 Å². The Morgan fingerprint density at radius 1 is 1.07 bits per heavy atom. The third-order valence-corrected chi connectivity index (χ3v) is 3.34. The largest absolute Gasteiger partial charge is 0.493 e. The van der Waals surface area contributed by atoms with Crippen molar-refractivity contribution in [3.8, 4) is 11.5 Å². The quantitative estimate of drug-likeness (QED) is 0.519. The van der Waals surface area contributed by atoms with E-state index in [1.165, 1.54) is 30.4 Å². The smallest absolute Gasteiger partial charge is 0.387 e. The standard InChI is InChI=1S/C20H19F2NO5/c1-2-26-16-9-5-3-7-14(16)11-12-19(25)27-13-18(24)23-15-8-4-6-10-17(15)28-20(21)22/h3-12,20H,2,13H2,1H3,(H,23,24)/b12-11+. The lowest BCUT2D eigenvalue weighted by molar-refractivity contribution is -0.142. The Kier molecular flexibility index (Phi) is 7.95. The molecular weight excluding hydrogens is 372 g/mol. The molecule has 1 N–H and O–H groups in total. The predicted molar refractivity (Wildman–Crippen MR) is 99.3 cm³/mol. The Hall–Kier alpha value is -3.42. The lowest BCUT2D eigenvalue weighted by Crippen LogP contribution is -2.20. The van der Waals surface area contributed by atoms with Gasteiger partial charge in [-0.15, -0.1) is 0 Å². The number of halogens is 2. The number of para-hydroxylation sites is 3. The van der Waals surface area contributed by atoms with E-state index in [0.717, 1.165) is 0 Å². The molecule has 0 fully saturated rings. The summed E-state index contributed by atoms with van der Waals surface area (Å²) in [6, 6.07) is 12.8. The highest BCUT2D eigenvalue weighted by Gasteiger charge is 2.12. The van der Waals surface area contributed by atoms with Gasteiger partial charge in [0.1, 0.15) is 11.5 Å². The highest BCUT2D eigenvalue weighted by molar-refractivity contribution is 5.95. The molecule has 0 atom stereocenters. The zero-order valence-corrected chi connectivity index (χ0v) is 15.1. The Labute approximate surface area is 160 Å². The Bertz CT molecular complexity index is 839. The molecule has 0 aromatic heterocycles. The zero-order valence-electron chi connectivity index (χ0n) is 15.1. The molecule has 2 aromatic carbocycles. The number of hydrogen-bond acceptors (Lipinski definition) is 5. The lowest BCUT2D eigenvalue weighted by Gasteiger charge is -2.11. The molecule has 28 heavy (non-hydrogen) atoms. The number of carbonyl (C=O) groups excluding carboxylic acids is 2. The van der Waals surface area contributed by atoms with E-state index in [9.17, 15) is 18.4 Å². The second kappa shape index (κ2) is 10.7. The minimum Gasteiger partial charge on any atom is -0.493 e. The number of amides is 1. The summed E-state index contributed by atoms with van der Waals surface area (Å²) in [4.78, 5) is 23.7. The van der Waals surface area contributed by atoms with E-state index >= 15 is 0 Å². The van der Waals surface area contributed by atoms with Crippen molar-refractivity contribution < 1.29 is 32.6 Å². The number of ether oxygens (including phenoxy) is 3. The molecule has 0 spiro atoms. The van der Waals surface area contributed by atoms with Crippen LogP contribution in [-0.4, -0.2) is 31.7 Å². The van der Waals surface area contributed by atoms with Gasteiger partial charge in [0.25, 0.3) is 5.91 Å². The molecule has 0 aliphatic carbocycles. The van der Waals surface area contributed by atoms with Gasteiger partial charge >= 0.3 is 12.6 Å². The van der Waals surface area contributed by atoms with Crippen molar-refractivity contribution in [2.24, 2.45) is 0 Å². The first-order chi connectivity index (χ1) is 13.5. The number of anilines is 1. The molecule has 2 rings (SSSR count). The van der Waals surface area contributed by atoms with Gasteiger partial charge in [0.2, 0.25) is 0 Å². The molecule has 8 heteroatoms. The van der Waals surface area contributed by atoms with E-state index in [2.05, 4.69) is 10.1 Å². The van der Waals surface area contributed by atoms with Crippen molar-refractivity contribution in [3.05, 3.63) is 60.2 Å². The monoisotopic (exact) mass is 391 g/mol. The summed E-state index contributed by atoms with van der Waals surface area (Å²) in [7, 11) is 0. The van der Waals surface area contributed by atoms with Crippen molar-refractivity contribution in [2.45, 2.75) is 13.5 Å². The van der Waals surface area contributed by atoms with E-state index in [0.29, 0.717) is 17.9 Å². The Morgan fingerprint density at radius 2 is 1.75 bits per heavy atom. The number of nitrogens with one attached hydrogen (secondary N) is 1. The average Bonchev–Trinajstić information content (AvgIpc) is 2.67. The lowest BCUT2D eigenvalue weighted by atomic mass is 10.2. The van der Waals surface area contributed by atoms with Gasteiger partial charge in [-0.3, -0.25) is 4.79 Å². The molecule has 0 heterocycles. The molecule has 148 valence electrons. The molecule has 0 aliphatic rings. The maximum atomic E-state index is 12.4. The maximum absolute atomic E-state index is 12.4. The molecule has 0 radical (unpaired) electrons. The first-order valence-corrected chi connectivity index (χ1v) is 8.40. The molecule has 0 bridgehead atoms. The second-order valence-corrected chi connectivity index (χ2v) is 5.33. The number of rotatable bonds is 9. The molecule has 1 amide bonds. The summed E-state index contributed by atoms with van der Waals surface area (Å²) in [5.41, 5.74) is 0.730. The van der Waals surface area contributed by atoms with Crippen LogP contribution < -0.4 is 14.8 Å². The van der Waals surface area contributed by atoms with Gasteiger partial charge in [0.15, 0.2) is 6.61 Å². The molecule has 6 nitrogen and oxygen atoms in total. The number of alkyl halides is 2. The van der Waals surface area contributed by atoms with E-state index in [4.69, 9.17) is 9.47 Å². The van der Waals surface area contributed by atoms with Crippen molar-refractivity contribution >= 4 is 23.6 Å². The maximum Gasteiger partial charge on any atom is 0.387 e. The third-order valence-electron chi connectivity index (χ3n) is 3.34. The van der Waals surface area contributed by atoms with Crippen LogP contribution in [0.4, 0.5) is 14.5 Å². The van der Waals surface area contributed by atoms with Gasteiger partial charge < -0.3 is 19.5 Å². The molecular formula is C20H19F2NO5. The average molecular weight is 391 g/mol. The normalized spacial score (nSPS) is 10.7. The Morgan fingerprint density at radius 3 is 2.46 bits per heavy atom. The number of hydrogen-bond donors (Lipinski definition) is 1. The summed E-state index contributed by atoms with van der Waals surface area (Å²) in [5, 5.41) is 2.35. The summed E-state index contributed by atoms with van der Waals surface area (Å²) in [6.45, 7) is -1.29. The van der Waals surface area contributed by atoms with Crippen LogP contribution in [0.15, 0.2) is 54.6 Å². The van der Waals surface area contributed by atoms with Crippen molar-refractivity contribution in [1.82, 2.24) is 0 Å². The fourth-order valence-electron chi connectivity index (χ4n) is 2.20. The SMILES string of the molecule is CCOc1ccccc1/C=C/C(=O)OCC(=O)Nc1ccccc1OC(F)F. The first kappa shape index (κ1) is 20.9. The zero-order chi connectivity index (χ0) is 20.4. The van der Waals surface area contributed by atoms with Crippen molar-refractivity contribution in [2.75, 3.05) is 18.5 Å². The fraction of sp³-hybridized carbons (Fsp3) is 0.200. The topological polar surface area (TPSA) is 73.9 Å². The summed E-state index contributed by atoms with van der Waals surface area (Å²) in [5.74, 6) is -1.01. The molecule has 0 unspecified atom stereocenters. The van der Waals surface area contributed by atoms with Gasteiger partial charge in [0, 0.05) is 11.6 Å². The van der Waals surface area contributed by atoms with Crippen LogP contribution in [-0.2, 0) is 14.3 Å². The van der Waals surface area contributed by atoms with Crippen LogP contribution in [0.5, 0.6) is 11.5 Å². The summed E-state index contributed by atoms with van der Waals surface area (Å²) in [6.07, 6.45) is 2.68. The van der Waals surface area contributed by atoms with Crippen molar-refractivity contribution in [3.63, 3.8) is 0 Å².